The van der Waals surface area contributed by atoms with E-state index in [1.807, 2.05) is 26.0 Å². The molecule has 2 atom stereocenters. The average Bonchev–Trinajstić information content (AvgIpc) is 2.25. The number of nitrogens with two attached hydrogens (primary N) is 1. The van der Waals surface area contributed by atoms with Gasteiger partial charge in [0.25, 0.3) is 0 Å². The van der Waals surface area contributed by atoms with Crippen molar-refractivity contribution in [1.29, 1.82) is 0 Å². The maximum atomic E-state index is 6.00. The van der Waals surface area contributed by atoms with Crippen LogP contribution in [0, 0.1) is 0 Å². The van der Waals surface area contributed by atoms with Crippen molar-refractivity contribution in [2.45, 2.75) is 44.3 Å². The van der Waals surface area contributed by atoms with Crippen molar-refractivity contribution in [3.05, 3.63) is 18.2 Å². The molecule has 0 bridgehead atoms. The molecule has 2 unspecified atom stereocenters. The first kappa shape index (κ1) is 14.4. The van der Waals surface area contributed by atoms with Crippen molar-refractivity contribution in [3.8, 4) is 5.75 Å². The second-order valence-electron chi connectivity index (χ2n) is 5.59. The number of anilines is 2. The molecule has 2 rings (SSSR count). The Morgan fingerprint density at radius 2 is 1.84 bits per heavy atom. The second-order valence-corrected chi connectivity index (χ2v) is 7.47. The van der Waals surface area contributed by atoms with Crippen LogP contribution in [-0.2, 0) is 0 Å². The Hall–Kier alpha value is -1.03. The molecule has 1 aromatic rings. The van der Waals surface area contributed by atoms with Crippen LogP contribution in [0.1, 0.15) is 27.7 Å². The van der Waals surface area contributed by atoms with Gasteiger partial charge in [-0.1, -0.05) is 13.8 Å². The van der Waals surface area contributed by atoms with Crippen molar-refractivity contribution in [2.75, 3.05) is 23.7 Å². The first-order valence-corrected chi connectivity index (χ1v) is 7.86. The minimum absolute atomic E-state index is 0.171. The summed E-state index contributed by atoms with van der Waals surface area (Å²) < 4.78 is 5.77. The van der Waals surface area contributed by atoms with Gasteiger partial charge >= 0.3 is 0 Å². The summed E-state index contributed by atoms with van der Waals surface area (Å²) in [6.45, 7) is 10.8. The number of benzene rings is 1. The number of hydrogen-bond donors (Lipinski definition) is 1. The third-order valence-corrected chi connectivity index (χ3v) is 4.30. The van der Waals surface area contributed by atoms with E-state index in [1.54, 1.807) is 0 Å². The fraction of sp³-hybridized carbons (Fsp3) is 0.600. The predicted molar refractivity (Wildman–Crippen MR) is 85.3 cm³/mol. The molecule has 0 aliphatic carbocycles. The maximum absolute atomic E-state index is 6.00. The molecule has 0 spiro atoms. The fourth-order valence-electron chi connectivity index (χ4n) is 2.52. The minimum Gasteiger partial charge on any atom is -0.491 e. The summed E-state index contributed by atoms with van der Waals surface area (Å²) in [4.78, 5) is 2.41. The van der Waals surface area contributed by atoms with Gasteiger partial charge in [0.2, 0.25) is 0 Å². The Bertz CT molecular complexity index is 426. The van der Waals surface area contributed by atoms with Gasteiger partial charge in [-0.3, -0.25) is 0 Å². The Balaban J connectivity index is 2.21. The number of hydrogen-bond acceptors (Lipinski definition) is 4. The van der Waals surface area contributed by atoms with Gasteiger partial charge in [0.15, 0.2) is 0 Å². The van der Waals surface area contributed by atoms with E-state index in [0.717, 1.165) is 24.5 Å². The first-order valence-electron chi connectivity index (χ1n) is 6.91. The van der Waals surface area contributed by atoms with E-state index in [9.17, 15) is 0 Å². The number of rotatable bonds is 3. The zero-order chi connectivity index (χ0) is 14.0. The minimum atomic E-state index is 0.171. The normalized spacial score (nSPS) is 23.7. The number of ether oxygens (including phenoxy) is 1. The van der Waals surface area contributed by atoms with Gasteiger partial charge in [0.1, 0.15) is 5.75 Å². The Morgan fingerprint density at radius 3 is 2.42 bits per heavy atom. The molecule has 3 nitrogen and oxygen atoms in total. The highest BCUT2D eigenvalue weighted by molar-refractivity contribution is 8.00. The highest BCUT2D eigenvalue weighted by Crippen LogP contribution is 2.32. The molecule has 1 fully saturated rings. The monoisotopic (exact) mass is 280 g/mol. The molecule has 0 amide bonds. The predicted octanol–water partition coefficient (Wildman–Crippen LogP) is 3.39. The van der Waals surface area contributed by atoms with E-state index in [-0.39, 0.29) is 6.10 Å². The first-order chi connectivity index (χ1) is 8.94. The van der Waals surface area contributed by atoms with Gasteiger partial charge < -0.3 is 15.4 Å². The van der Waals surface area contributed by atoms with E-state index in [4.69, 9.17) is 10.5 Å². The topological polar surface area (TPSA) is 38.5 Å². The molecule has 1 aromatic carbocycles. The third kappa shape index (κ3) is 3.96. The lowest BCUT2D eigenvalue weighted by Gasteiger charge is -2.36. The van der Waals surface area contributed by atoms with E-state index < -0.39 is 0 Å². The van der Waals surface area contributed by atoms with Gasteiger partial charge in [-0.15, -0.1) is 0 Å². The van der Waals surface area contributed by atoms with Gasteiger partial charge in [0.05, 0.1) is 6.10 Å². The summed E-state index contributed by atoms with van der Waals surface area (Å²) in [7, 11) is 0. The lowest BCUT2D eigenvalue weighted by Crippen LogP contribution is -2.40. The van der Waals surface area contributed by atoms with Crippen molar-refractivity contribution in [3.63, 3.8) is 0 Å². The lowest BCUT2D eigenvalue weighted by atomic mass is 10.2. The van der Waals surface area contributed by atoms with Gasteiger partial charge in [-0.05, 0) is 19.9 Å². The Kier molecular flexibility index (Phi) is 4.50. The summed E-state index contributed by atoms with van der Waals surface area (Å²) >= 11 is 2.05. The molecule has 1 saturated heterocycles. The van der Waals surface area contributed by atoms with Crippen LogP contribution in [0.5, 0.6) is 5.75 Å². The standard InChI is InChI=1S/C15H24N2OS/c1-10(2)18-15-6-13(16)5-14(7-15)17-8-11(3)19-12(4)9-17/h5-7,10-12H,8-9,16H2,1-4H3. The highest BCUT2D eigenvalue weighted by atomic mass is 32.2. The molecule has 19 heavy (non-hydrogen) atoms. The summed E-state index contributed by atoms with van der Waals surface area (Å²) in [5.74, 6) is 0.864. The molecule has 4 heteroatoms. The molecule has 1 aliphatic rings. The molecule has 0 radical (unpaired) electrons. The SMILES string of the molecule is CC(C)Oc1cc(N)cc(N2CC(C)SC(C)C2)c1. The molecular formula is C15H24N2OS. The van der Waals surface area contributed by atoms with Crippen molar-refractivity contribution >= 4 is 23.1 Å². The van der Waals surface area contributed by atoms with Crippen LogP contribution in [0.15, 0.2) is 18.2 Å². The van der Waals surface area contributed by atoms with Crippen LogP contribution in [0.2, 0.25) is 0 Å². The summed E-state index contributed by atoms with van der Waals surface area (Å²) in [5, 5.41) is 1.30. The summed E-state index contributed by atoms with van der Waals surface area (Å²) in [6.07, 6.45) is 0.171. The molecule has 2 N–H and O–H groups in total. The van der Waals surface area contributed by atoms with Gasteiger partial charge in [-0.25, -0.2) is 0 Å². The molecular weight excluding hydrogens is 256 g/mol. The maximum Gasteiger partial charge on any atom is 0.123 e. The van der Waals surface area contributed by atoms with Crippen molar-refractivity contribution < 1.29 is 4.74 Å². The van der Waals surface area contributed by atoms with Crippen LogP contribution >= 0.6 is 11.8 Å². The lowest BCUT2D eigenvalue weighted by molar-refractivity contribution is 0.242. The largest absolute Gasteiger partial charge is 0.491 e. The second kappa shape index (κ2) is 5.95. The molecule has 1 aliphatic heterocycles. The van der Waals surface area contributed by atoms with Crippen LogP contribution < -0.4 is 15.4 Å². The number of nitrogen functional groups attached to an aromatic ring is 1. The van der Waals surface area contributed by atoms with E-state index >= 15 is 0 Å². The Labute approximate surface area is 120 Å². The zero-order valence-corrected chi connectivity index (χ0v) is 13.0. The van der Waals surface area contributed by atoms with Crippen LogP contribution in [0.25, 0.3) is 0 Å². The summed E-state index contributed by atoms with van der Waals surface area (Å²) in [5.41, 5.74) is 7.94. The Morgan fingerprint density at radius 1 is 1.21 bits per heavy atom. The van der Waals surface area contributed by atoms with Crippen LogP contribution in [0.4, 0.5) is 11.4 Å². The van der Waals surface area contributed by atoms with Crippen LogP contribution in [0.3, 0.4) is 0 Å². The fourth-order valence-corrected chi connectivity index (χ4v) is 3.84. The van der Waals surface area contributed by atoms with E-state index in [2.05, 4.69) is 36.6 Å². The molecule has 0 saturated carbocycles. The quantitative estimate of drug-likeness (QED) is 0.861. The smallest absolute Gasteiger partial charge is 0.123 e. The average molecular weight is 280 g/mol. The van der Waals surface area contributed by atoms with E-state index in [0.29, 0.717) is 10.5 Å². The van der Waals surface area contributed by atoms with Gasteiger partial charge in [0, 0.05) is 47.1 Å². The summed E-state index contributed by atoms with van der Waals surface area (Å²) in [6, 6.07) is 6.05. The number of nitrogens with zero attached hydrogens (tertiary/aromatic N) is 1. The highest BCUT2D eigenvalue weighted by Gasteiger charge is 2.23. The van der Waals surface area contributed by atoms with E-state index in [1.165, 1.54) is 5.69 Å². The van der Waals surface area contributed by atoms with Crippen molar-refractivity contribution in [2.24, 2.45) is 0 Å². The zero-order valence-electron chi connectivity index (χ0n) is 12.2. The van der Waals surface area contributed by atoms with Gasteiger partial charge in [-0.2, -0.15) is 11.8 Å². The molecule has 1 heterocycles. The number of thioether (sulfide) groups is 1. The molecule has 0 aromatic heterocycles. The van der Waals surface area contributed by atoms with Crippen molar-refractivity contribution in [1.82, 2.24) is 0 Å². The van der Waals surface area contributed by atoms with Crippen LogP contribution in [-0.4, -0.2) is 29.7 Å². The third-order valence-electron chi connectivity index (χ3n) is 3.07. The molecule has 106 valence electrons.